The highest BCUT2D eigenvalue weighted by atomic mass is 16.4. The molecule has 2 fully saturated rings. The Hall–Kier alpha value is -2.95. The molecule has 2 aromatic rings. The maximum absolute atomic E-state index is 12.9. The number of carboxylic acids is 1. The largest absolute Gasteiger partial charge is 0.478 e. The molecule has 1 aliphatic carbocycles. The van der Waals surface area contributed by atoms with Gasteiger partial charge in [0.15, 0.2) is 0 Å². The lowest BCUT2D eigenvalue weighted by Gasteiger charge is -2.28. The number of benzene rings is 2. The van der Waals surface area contributed by atoms with E-state index in [0.29, 0.717) is 24.4 Å². The Morgan fingerprint density at radius 2 is 1.54 bits per heavy atom. The van der Waals surface area contributed by atoms with Gasteiger partial charge in [-0.05, 0) is 55.0 Å². The van der Waals surface area contributed by atoms with Gasteiger partial charge in [0.2, 0.25) is 11.8 Å². The van der Waals surface area contributed by atoms with E-state index < -0.39 is 5.97 Å². The van der Waals surface area contributed by atoms with Gasteiger partial charge in [-0.15, -0.1) is 0 Å². The van der Waals surface area contributed by atoms with Crippen molar-refractivity contribution in [3.8, 4) is 0 Å². The quantitative estimate of drug-likeness (QED) is 0.861. The van der Waals surface area contributed by atoms with Gasteiger partial charge in [-0.3, -0.25) is 14.5 Å². The highest BCUT2D eigenvalue weighted by Crippen LogP contribution is 2.45. The standard InChI is InChI=1S/C21H19NO4/c23-19-17-11-8-15(13-4-2-1-3-5-13)12-18(17)20(24)22(19)16-9-6-14(7-10-16)21(25)26/h1-7,9-10,15,17-18H,8,11-12H2,(H,25,26)/t15-,17+,18-/m0/s1. The minimum absolute atomic E-state index is 0.134. The number of carboxylic acid groups (broad SMARTS) is 1. The molecule has 2 aliphatic rings. The Morgan fingerprint density at radius 3 is 2.19 bits per heavy atom. The van der Waals surface area contributed by atoms with Gasteiger partial charge < -0.3 is 5.11 Å². The molecular weight excluding hydrogens is 330 g/mol. The minimum Gasteiger partial charge on any atom is -0.478 e. The number of aromatic carboxylic acids is 1. The van der Waals surface area contributed by atoms with E-state index in [-0.39, 0.29) is 29.2 Å². The molecule has 2 aromatic carbocycles. The molecule has 1 saturated heterocycles. The van der Waals surface area contributed by atoms with Gasteiger partial charge >= 0.3 is 5.97 Å². The van der Waals surface area contributed by atoms with Crippen molar-refractivity contribution in [2.75, 3.05) is 4.90 Å². The average Bonchev–Trinajstić information content (AvgIpc) is 2.93. The lowest BCUT2D eigenvalue weighted by molar-refractivity contribution is -0.122. The zero-order chi connectivity index (χ0) is 18.3. The predicted octanol–water partition coefficient (Wildman–Crippen LogP) is 3.46. The molecule has 3 atom stereocenters. The van der Waals surface area contributed by atoms with Crippen LogP contribution in [0.25, 0.3) is 0 Å². The van der Waals surface area contributed by atoms with E-state index in [1.165, 1.54) is 34.7 Å². The molecule has 0 bridgehead atoms. The van der Waals surface area contributed by atoms with Gasteiger partial charge in [-0.1, -0.05) is 30.3 Å². The van der Waals surface area contributed by atoms with Crippen molar-refractivity contribution >= 4 is 23.5 Å². The Labute approximate surface area is 151 Å². The second kappa shape index (κ2) is 6.41. The number of carbonyl (C=O) groups excluding carboxylic acids is 2. The van der Waals surface area contributed by atoms with Crippen molar-refractivity contribution < 1.29 is 19.5 Å². The normalized spacial score (nSPS) is 25.2. The summed E-state index contributed by atoms with van der Waals surface area (Å²) in [5.41, 5.74) is 1.81. The highest BCUT2D eigenvalue weighted by Gasteiger charge is 2.50. The van der Waals surface area contributed by atoms with Gasteiger partial charge in [0.05, 0.1) is 23.1 Å². The van der Waals surface area contributed by atoms with Crippen molar-refractivity contribution in [2.45, 2.75) is 25.2 Å². The predicted molar refractivity (Wildman–Crippen MR) is 95.9 cm³/mol. The molecule has 0 radical (unpaired) electrons. The molecule has 1 aliphatic heterocycles. The second-order valence-electron chi connectivity index (χ2n) is 7.00. The molecule has 0 aromatic heterocycles. The molecule has 5 heteroatoms. The first-order valence-corrected chi connectivity index (χ1v) is 8.82. The molecule has 2 amide bonds. The molecule has 0 unspecified atom stereocenters. The van der Waals surface area contributed by atoms with E-state index in [0.717, 1.165) is 6.42 Å². The van der Waals surface area contributed by atoms with E-state index in [9.17, 15) is 14.4 Å². The lowest BCUT2D eigenvalue weighted by atomic mass is 9.73. The Bertz CT molecular complexity index is 859. The summed E-state index contributed by atoms with van der Waals surface area (Å²) in [4.78, 5) is 38.0. The average molecular weight is 349 g/mol. The third kappa shape index (κ3) is 2.69. The van der Waals surface area contributed by atoms with Crippen LogP contribution in [0.3, 0.4) is 0 Å². The number of imide groups is 1. The van der Waals surface area contributed by atoms with E-state index in [4.69, 9.17) is 5.11 Å². The van der Waals surface area contributed by atoms with Gasteiger partial charge in [-0.25, -0.2) is 4.79 Å². The third-order valence-corrected chi connectivity index (χ3v) is 5.57. The van der Waals surface area contributed by atoms with Gasteiger partial charge in [0, 0.05) is 0 Å². The molecule has 26 heavy (non-hydrogen) atoms. The van der Waals surface area contributed by atoms with Crippen LogP contribution in [-0.4, -0.2) is 22.9 Å². The Kier molecular flexibility index (Phi) is 4.07. The third-order valence-electron chi connectivity index (χ3n) is 5.57. The summed E-state index contributed by atoms with van der Waals surface area (Å²) >= 11 is 0. The van der Waals surface area contributed by atoms with E-state index >= 15 is 0 Å². The first-order valence-electron chi connectivity index (χ1n) is 8.82. The molecule has 0 spiro atoms. The lowest BCUT2D eigenvalue weighted by Crippen LogP contribution is -2.30. The molecule has 132 valence electrons. The van der Waals surface area contributed by atoms with Crippen LogP contribution < -0.4 is 4.90 Å². The number of amides is 2. The maximum atomic E-state index is 12.9. The number of hydrogen-bond acceptors (Lipinski definition) is 3. The Balaban J connectivity index is 1.58. The summed E-state index contributed by atoms with van der Waals surface area (Å²) in [7, 11) is 0. The van der Waals surface area contributed by atoms with Gasteiger partial charge in [0.1, 0.15) is 0 Å². The Morgan fingerprint density at radius 1 is 0.885 bits per heavy atom. The van der Waals surface area contributed by atoms with Crippen LogP contribution in [0, 0.1) is 11.8 Å². The van der Waals surface area contributed by atoms with Crippen LogP contribution in [0.1, 0.15) is 41.1 Å². The van der Waals surface area contributed by atoms with Crippen molar-refractivity contribution in [1.29, 1.82) is 0 Å². The number of nitrogens with zero attached hydrogens (tertiary/aromatic N) is 1. The number of fused-ring (bicyclic) bond motifs is 1. The second-order valence-corrected chi connectivity index (χ2v) is 7.00. The molecule has 1 saturated carbocycles. The van der Waals surface area contributed by atoms with E-state index in [1.54, 1.807) is 0 Å². The van der Waals surface area contributed by atoms with Crippen LogP contribution in [0.2, 0.25) is 0 Å². The maximum Gasteiger partial charge on any atom is 0.335 e. The van der Waals surface area contributed by atoms with Crippen molar-refractivity contribution in [3.63, 3.8) is 0 Å². The fourth-order valence-corrected chi connectivity index (χ4v) is 4.21. The smallest absolute Gasteiger partial charge is 0.335 e. The number of carbonyl (C=O) groups is 3. The van der Waals surface area contributed by atoms with E-state index in [1.807, 2.05) is 18.2 Å². The van der Waals surface area contributed by atoms with Crippen LogP contribution in [0.15, 0.2) is 54.6 Å². The molecule has 1 heterocycles. The summed E-state index contributed by atoms with van der Waals surface area (Å²) in [6.45, 7) is 0. The SMILES string of the molecule is O=C(O)c1ccc(N2C(=O)[C@H]3C[C@@H](c4ccccc4)CC[C@H]3C2=O)cc1. The van der Waals surface area contributed by atoms with Gasteiger partial charge in [-0.2, -0.15) is 0 Å². The van der Waals surface area contributed by atoms with Gasteiger partial charge in [0.25, 0.3) is 0 Å². The summed E-state index contributed by atoms with van der Waals surface area (Å²) < 4.78 is 0. The van der Waals surface area contributed by atoms with Crippen molar-refractivity contribution in [1.82, 2.24) is 0 Å². The molecular formula is C21H19NO4. The van der Waals surface area contributed by atoms with Crippen LogP contribution in [0.4, 0.5) is 5.69 Å². The first kappa shape index (κ1) is 16.5. The molecule has 5 nitrogen and oxygen atoms in total. The van der Waals surface area contributed by atoms with Crippen LogP contribution >= 0.6 is 0 Å². The zero-order valence-corrected chi connectivity index (χ0v) is 14.2. The minimum atomic E-state index is -1.03. The number of hydrogen-bond donors (Lipinski definition) is 1. The molecule has 1 N–H and O–H groups in total. The summed E-state index contributed by atoms with van der Waals surface area (Å²) in [5.74, 6) is -1.61. The monoisotopic (exact) mass is 349 g/mol. The number of rotatable bonds is 3. The summed E-state index contributed by atoms with van der Waals surface area (Å²) in [6.07, 6.45) is 2.29. The topological polar surface area (TPSA) is 74.7 Å². The van der Waals surface area contributed by atoms with E-state index in [2.05, 4.69) is 12.1 Å². The highest BCUT2D eigenvalue weighted by molar-refractivity contribution is 6.22. The van der Waals surface area contributed by atoms with Crippen LogP contribution in [-0.2, 0) is 9.59 Å². The number of anilines is 1. The summed E-state index contributed by atoms with van der Waals surface area (Å²) in [6, 6.07) is 16.0. The summed E-state index contributed by atoms with van der Waals surface area (Å²) in [5, 5.41) is 9.00. The van der Waals surface area contributed by atoms with Crippen molar-refractivity contribution in [3.05, 3.63) is 65.7 Å². The van der Waals surface area contributed by atoms with Crippen LogP contribution in [0.5, 0.6) is 0 Å². The zero-order valence-electron chi connectivity index (χ0n) is 14.2. The fraction of sp³-hybridized carbons (Fsp3) is 0.286. The molecule has 4 rings (SSSR count). The first-order chi connectivity index (χ1) is 12.6. The van der Waals surface area contributed by atoms with Crippen molar-refractivity contribution in [2.24, 2.45) is 11.8 Å². The fourth-order valence-electron chi connectivity index (χ4n) is 4.21.